The largest absolute Gasteiger partial charge is 0.480 e. The topological polar surface area (TPSA) is 71.7 Å². The summed E-state index contributed by atoms with van der Waals surface area (Å²) in [4.78, 5) is 28.8. The van der Waals surface area contributed by atoms with Gasteiger partial charge in [-0.1, -0.05) is 47.6 Å². The summed E-state index contributed by atoms with van der Waals surface area (Å²) in [5, 5.41) is 10.1. The predicted molar refractivity (Wildman–Crippen MR) is 103 cm³/mol. The monoisotopic (exact) mass is 388 g/mol. The van der Waals surface area contributed by atoms with E-state index in [4.69, 9.17) is 11.6 Å². The molecular weight excluding hydrogens is 372 g/mol. The standard InChI is InChI=1S/C19H17ClN2O3S/c1-3-14(18(24)25)22-15-10-13(20)8-9-16(15)26-19(22)21-17(23)12-6-4-11(2)5-7-12/h4-10,14H,3H2,1-2H3,(H,24,25). The van der Waals surface area contributed by atoms with E-state index in [0.29, 0.717) is 27.3 Å². The van der Waals surface area contributed by atoms with Crippen molar-refractivity contribution in [3.63, 3.8) is 0 Å². The number of carbonyl (C=O) groups excluding carboxylic acids is 1. The van der Waals surface area contributed by atoms with Crippen molar-refractivity contribution in [2.75, 3.05) is 0 Å². The first-order chi connectivity index (χ1) is 12.4. The highest BCUT2D eigenvalue weighted by atomic mass is 35.5. The number of aliphatic carboxylic acids is 1. The van der Waals surface area contributed by atoms with Gasteiger partial charge in [-0.15, -0.1) is 0 Å². The van der Waals surface area contributed by atoms with Gasteiger partial charge < -0.3 is 9.67 Å². The summed E-state index contributed by atoms with van der Waals surface area (Å²) in [6.45, 7) is 3.72. The summed E-state index contributed by atoms with van der Waals surface area (Å²) >= 11 is 7.36. The summed E-state index contributed by atoms with van der Waals surface area (Å²) in [6, 6.07) is 11.5. The molecule has 0 saturated carbocycles. The second-order valence-electron chi connectivity index (χ2n) is 5.91. The van der Waals surface area contributed by atoms with Crippen LogP contribution in [0.1, 0.15) is 35.3 Å². The molecule has 0 saturated heterocycles. The highest BCUT2D eigenvalue weighted by molar-refractivity contribution is 7.16. The normalized spacial score (nSPS) is 13.1. The number of carboxylic acids is 1. The molecule has 26 heavy (non-hydrogen) atoms. The van der Waals surface area contributed by atoms with Crippen molar-refractivity contribution in [1.82, 2.24) is 4.57 Å². The molecule has 1 unspecified atom stereocenters. The highest BCUT2D eigenvalue weighted by Crippen LogP contribution is 2.25. The number of hydrogen-bond donors (Lipinski definition) is 1. The molecule has 0 fully saturated rings. The lowest BCUT2D eigenvalue weighted by atomic mass is 10.1. The van der Waals surface area contributed by atoms with Crippen molar-refractivity contribution < 1.29 is 14.7 Å². The second-order valence-corrected chi connectivity index (χ2v) is 7.36. The van der Waals surface area contributed by atoms with Gasteiger partial charge in [-0.3, -0.25) is 4.79 Å². The van der Waals surface area contributed by atoms with Crippen molar-refractivity contribution in [3.05, 3.63) is 63.4 Å². The first-order valence-electron chi connectivity index (χ1n) is 8.10. The van der Waals surface area contributed by atoms with Gasteiger partial charge in [-0.2, -0.15) is 4.99 Å². The smallest absolute Gasteiger partial charge is 0.326 e. The summed E-state index contributed by atoms with van der Waals surface area (Å²) in [7, 11) is 0. The molecule has 0 spiro atoms. The first kappa shape index (κ1) is 18.4. The second kappa shape index (κ2) is 7.43. The van der Waals surface area contributed by atoms with E-state index < -0.39 is 17.9 Å². The van der Waals surface area contributed by atoms with Crippen molar-refractivity contribution in [2.45, 2.75) is 26.3 Å². The van der Waals surface area contributed by atoms with E-state index in [0.717, 1.165) is 10.3 Å². The number of carbonyl (C=O) groups is 2. The quantitative estimate of drug-likeness (QED) is 0.718. The third-order valence-corrected chi connectivity index (χ3v) is 5.34. The Morgan fingerprint density at radius 2 is 1.92 bits per heavy atom. The van der Waals surface area contributed by atoms with E-state index in [9.17, 15) is 14.7 Å². The van der Waals surface area contributed by atoms with Gasteiger partial charge >= 0.3 is 5.97 Å². The third-order valence-electron chi connectivity index (χ3n) is 4.07. The fourth-order valence-corrected chi connectivity index (χ4v) is 3.92. The summed E-state index contributed by atoms with van der Waals surface area (Å²) < 4.78 is 2.41. The van der Waals surface area contributed by atoms with Crippen LogP contribution < -0.4 is 4.80 Å². The summed E-state index contributed by atoms with van der Waals surface area (Å²) in [6.07, 6.45) is 0.361. The maximum Gasteiger partial charge on any atom is 0.326 e. The van der Waals surface area contributed by atoms with E-state index >= 15 is 0 Å². The number of aryl methyl sites for hydroxylation is 1. The maximum absolute atomic E-state index is 12.6. The molecule has 1 aromatic heterocycles. The Bertz CT molecular complexity index is 1050. The molecule has 5 nitrogen and oxygen atoms in total. The third kappa shape index (κ3) is 3.57. The van der Waals surface area contributed by atoms with Gasteiger partial charge in [0.05, 0.1) is 10.2 Å². The van der Waals surface area contributed by atoms with Crippen LogP contribution in [0.15, 0.2) is 47.5 Å². The molecule has 1 N–H and O–H groups in total. The minimum Gasteiger partial charge on any atom is -0.480 e. The first-order valence-corrected chi connectivity index (χ1v) is 9.29. The Labute approximate surface area is 159 Å². The molecular formula is C19H17ClN2O3S. The molecule has 1 heterocycles. The molecule has 2 aromatic carbocycles. The SMILES string of the molecule is CCC(C(=O)O)n1c(=NC(=O)c2ccc(C)cc2)sc2ccc(Cl)cc21. The minimum atomic E-state index is -0.976. The van der Waals surface area contributed by atoms with Crippen LogP contribution in [0.3, 0.4) is 0 Å². The number of fused-ring (bicyclic) bond motifs is 1. The van der Waals surface area contributed by atoms with Crippen LogP contribution in [0.2, 0.25) is 5.02 Å². The zero-order chi connectivity index (χ0) is 18.8. The Balaban J connectivity index is 2.22. The van der Waals surface area contributed by atoms with Gasteiger partial charge in [0.2, 0.25) is 0 Å². The molecule has 0 aliphatic rings. The van der Waals surface area contributed by atoms with Crippen LogP contribution in [0.25, 0.3) is 10.2 Å². The van der Waals surface area contributed by atoms with Gasteiger partial charge in [0.25, 0.3) is 5.91 Å². The molecule has 0 aliphatic heterocycles. The van der Waals surface area contributed by atoms with E-state index in [1.54, 1.807) is 35.8 Å². The number of hydrogen-bond acceptors (Lipinski definition) is 3. The fourth-order valence-electron chi connectivity index (χ4n) is 2.71. The number of rotatable bonds is 4. The average Bonchev–Trinajstić information content (AvgIpc) is 2.93. The number of thiazole rings is 1. The van der Waals surface area contributed by atoms with E-state index in [1.807, 2.05) is 25.1 Å². The van der Waals surface area contributed by atoms with E-state index in [-0.39, 0.29) is 0 Å². The van der Waals surface area contributed by atoms with Crippen LogP contribution in [-0.4, -0.2) is 21.6 Å². The van der Waals surface area contributed by atoms with Crippen LogP contribution >= 0.6 is 22.9 Å². The molecule has 7 heteroatoms. The number of nitrogens with zero attached hydrogens (tertiary/aromatic N) is 2. The van der Waals surface area contributed by atoms with E-state index in [2.05, 4.69) is 4.99 Å². The van der Waals surface area contributed by atoms with Crippen LogP contribution in [-0.2, 0) is 4.79 Å². The van der Waals surface area contributed by atoms with Crippen molar-refractivity contribution in [3.8, 4) is 0 Å². The van der Waals surface area contributed by atoms with Crippen molar-refractivity contribution >= 4 is 45.0 Å². The zero-order valence-electron chi connectivity index (χ0n) is 14.3. The Kier molecular flexibility index (Phi) is 5.25. The molecule has 134 valence electrons. The lowest BCUT2D eigenvalue weighted by molar-refractivity contribution is -0.140. The number of amides is 1. The predicted octanol–water partition coefficient (Wildman–Crippen LogP) is 4.44. The lowest BCUT2D eigenvalue weighted by Gasteiger charge is -2.13. The van der Waals surface area contributed by atoms with Crippen LogP contribution in [0.4, 0.5) is 0 Å². The van der Waals surface area contributed by atoms with Gasteiger partial charge in [-0.05, 0) is 43.7 Å². The molecule has 3 aromatic rings. The summed E-state index contributed by atoms with van der Waals surface area (Å²) in [5.74, 6) is -1.38. The minimum absolute atomic E-state index is 0.349. The number of aromatic nitrogens is 1. The van der Waals surface area contributed by atoms with Gasteiger partial charge in [0, 0.05) is 10.6 Å². The summed E-state index contributed by atoms with van der Waals surface area (Å²) in [5.41, 5.74) is 2.17. The molecule has 1 atom stereocenters. The Morgan fingerprint density at radius 1 is 1.23 bits per heavy atom. The number of halogens is 1. The molecule has 1 amide bonds. The van der Waals surface area contributed by atoms with Crippen molar-refractivity contribution in [1.29, 1.82) is 0 Å². The Hall–Kier alpha value is -2.44. The van der Waals surface area contributed by atoms with E-state index in [1.165, 1.54) is 11.3 Å². The van der Waals surface area contributed by atoms with Gasteiger partial charge in [-0.25, -0.2) is 4.79 Å². The van der Waals surface area contributed by atoms with Gasteiger partial charge in [0.1, 0.15) is 6.04 Å². The Morgan fingerprint density at radius 3 is 2.54 bits per heavy atom. The lowest BCUT2D eigenvalue weighted by Crippen LogP contribution is -2.27. The fraction of sp³-hybridized carbons (Fsp3) is 0.211. The number of benzene rings is 2. The van der Waals surface area contributed by atoms with Gasteiger partial charge in [0.15, 0.2) is 4.80 Å². The maximum atomic E-state index is 12.6. The average molecular weight is 389 g/mol. The van der Waals surface area contributed by atoms with Crippen LogP contribution in [0, 0.1) is 6.92 Å². The number of carboxylic acid groups (broad SMARTS) is 1. The molecule has 0 radical (unpaired) electrons. The molecule has 0 aliphatic carbocycles. The molecule has 3 rings (SSSR count). The highest BCUT2D eigenvalue weighted by Gasteiger charge is 2.22. The zero-order valence-corrected chi connectivity index (χ0v) is 15.8. The van der Waals surface area contributed by atoms with Crippen LogP contribution in [0.5, 0.6) is 0 Å². The molecule has 0 bridgehead atoms. The van der Waals surface area contributed by atoms with Crippen molar-refractivity contribution in [2.24, 2.45) is 4.99 Å².